The van der Waals surface area contributed by atoms with E-state index in [1.807, 2.05) is 30.3 Å². The lowest BCUT2D eigenvalue weighted by molar-refractivity contribution is -0.132. The van der Waals surface area contributed by atoms with Gasteiger partial charge in [0, 0.05) is 17.1 Å². The molecule has 0 unspecified atom stereocenters. The SMILES string of the molecule is COC(=O)C1=NN(c2ccc(Cl)cc2)C(=CC2=NCCc3cc(OC)c(OC)cc32)S1. The number of allylic oxidation sites excluding steroid dienone is 1. The van der Waals surface area contributed by atoms with Crippen LogP contribution in [0.4, 0.5) is 5.69 Å². The van der Waals surface area contributed by atoms with Crippen LogP contribution in [0.3, 0.4) is 0 Å². The van der Waals surface area contributed by atoms with Gasteiger partial charge in [-0.15, -0.1) is 0 Å². The normalized spacial score (nSPS) is 16.5. The highest BCUT2D eigenvalue weighted by Crippen LogP contribution is 2.37. The molecule has 0 atom stereocenters. The Kier molecular flexibility index (Phi) is 6.20. The molecule has 31 heavy (non-hydrogen) atoms. The van der Waals surface area contributed by atoms with E-state index in [4.69, 9.17) is 30.8 Å². The summed E-state index contributed by atoms with van der Waals surface area (Å²) >= 11 is 7.26. The van der Waals surface area contributed by atoms with Gasteiger partial charge in [-0.3, -0.25) is 4.99 Å². The lowest BCUT2D eigenvalue weighted by Crippen LogP contribution is -2.15. The van der Waals surface area contributed by atoms with Crippen molar-refractivity contribution in [3.8, 4) is 11.5 Å². The van der Waals surface area contributed by atoms with Crippen LogP contribution in [-0.4, -0.2) is 44.6 Å². The van der Waals surface area contributed by atoms with E-state index in [2.05, 4.69) is 5.10 Å². The second-order valence-corrected chi connectivity index (χ2v) is 8.10. The van der Waals surface area contributed by atoms with Gasteiger partial charge < -0.3 is 14.2 Å². The zero-order chi connectivity index (χ0) is 22.0. The zero-order valence-corrected chi connectivity index (χ0v) is 18.8. The van der Waals surface area contributed by atoms with Crippen LogP contribution < -0.4 is 14.5 Å². The summed E-state index contributed by atoms with van der Waals surface area (Å²) < 4.78 is 15.8. The topological polar surface area (TPSA) is 72.7 Å². The van der Waals surface area contributed by atoms with Gasteiger partial charge in [-0.05, 0) is 66.2 Å². The number of benzene rings is 2. The fourth-order valence-corrected chi connectivity index (χ4v) is 4.34. The Morgan fingerprint density at radius 2 is 1.84 bits per heavy atom. The van der Waals surface area contributed by atoms with Crippen LogP contribution in [-0.2, 0) is 16.0 Å². The number of hydrogen-bond donors (Lipinski definition) is 0. The van der Waals surface area contributed by atoms with Gasteiger partial charge >= 0.3 is 5.97 Å². The molecule has 0 saturated heterocycles. The molecule has 9 heteroatoms. The van der Waals surface area contributed by atoms with Crippen molar-refractivity contribution >= 4 is 45.8 Å². The van der Waals surface area contributed by atoms with E-state index in [1.165, 1.54) is 18.9 Å². The van der Waals surface area contributed by atoms with Gasteiger partial charge in [0.1, 0.15) is 5.03 Å². The standard InChI is InChI=1S/C22H20ClN3O4S/c1-28-18-10-13-8-9-24-17(16(13)11-19(18)29-2)12-20-26(15-6-4-14(23)5-7-15)25-21(31-20)22(27)30-3/h4-7,10-12H,8-9H2,1-3H3. The summed E-state index contributed by atoms with van der Waals surface area (Å²) in [4.78, 5) is 16.8. The van der Waals surface area contributed by atoms with Crippen molar-refractivity contribution in [2.45, 2.75) is 6.42 Å². The number of anilines is 1. The minimum atomic E-state index is -0.496. The molecule has 4 rings (SSSR count). The molecule has 0 N–H and O–H groups in total. The van der Waals surface area contributed by atoms with Crippen molar-refractivity contribution in [1.82, 2.24) is 0 Å². The molecule has 2 heterocycles. The van der Waals surface area contributed by atoms with Crippen LogP contribution >= 0.6 is 23.4 Å². The third-order valence-corrected chi connectivity index (χ3v) is 6.03. The average Bonchev–Trinajstić information content (AvgIpc) is 3.22. The van der Waals surface area contributed by atoms with Crippen LogP contribution in [0.15, 0.2) is 57.6 Å². The molecule has 2 aliphatic heterocycles. The minimum absolute atomic E-state index is 0.243. The molecule has 0 aliphatic carbocycles. The van der Waals surface area contributed by atoms with Gasteiger partial charge in [-0.25, -0.2) is 9.80 Å². The van der Waals surface area contributed by atoms with E-state index in [-0.39, 0.29) is 5.04 Å². The number of hydrogen-bond acceptors (Lipinski definition) is 8. The average molecular weight is 458 g/mol. The summed E-state index contributed by atoms with van der Waals surface area (Å²) in [5.41, 5.74) is 3.63. The second-order valence-electron chi connectivity index (χ2n) is 6.65. The van der Waals surface area contributed by atoms with Crippen molar-refractivity contribution in [1.29, 1.82) is 0 Å². The smallest absolute Gasteiger partial charge is 0.365 e. The maximum absolute atomic E-state index is 12.1. The van der Waals surface area contributed by atoms with Gasteiger partial charge in [0.2, 0.25) is 5.04 Å². The molecule has 0 bridgehead atoms. The molecule has 0 saturated carbocycles. The Bertz CT molecular complexity index is 1110. The Hall–Kier alpha value is -2.97. The molecule has 160 valence electrons. The summed E-state index contributed by atoms with van der Waals surface area (Å²) in [6.45, 7) is 0.651. The summed E-state index contributed by atoms with van der Waals surface area (Å²) in [6.07, 6.45) is 2.73. The van der Waals surface area contributed by atoms with Crippen LogP contribution in [0.1, 0.15) is 11.1 Å². The van der Waals surface area contributed by atoms with Gasteiger partial charge in [-0.1, -0.05) is 11.6 Å². The van der Waals surface area contributed by atoms with Crippen LogP contribution in [0.5, 0.6) is 11.5 Å². The highest BCUT2D eigenvalue weighted by atomic mass is 35.5. The Morgan fingerprint density at radius 3 is 2.52 bits per heavy atom. The number of nitrogens with zero attached hydrogens (tertiary/aromatic N) is 3. The molecule has 0 spiro atoms. The summed E-state index contributed by atoms with van der Waals surface area (Å²) in [5.74, 6) is 0.823. The quantitative estimate of drug-likeness (QED) is 0.624. The highest BCUT2D eigenvalue weighted by molar-refractivity contribution is 8.19. The summed E-state index contributed by atoms with van der Waals surface area (Å²) in [6, 6.07) is 11.1. The first-order valence-corrected chi connectivity index (χ1v) is 10.7. The second kappa shape index (κ2) is 9.03. The Morgan fingerprint density at radius 1 is 1.13 bits per heavy atom. The number of thioether (sulfide) groups is 1. The van der Waals surface area contributed by atoms with E-state index in [0.29, 0.717) is 23.1 Å². The molecule has 7 nitrogen and oxygen atoms in total. The summed E-state index contributed by atoms with van der Waals surface area (Å²) in [5, 5.41) is 7.72. The predicted octanol–water partition coefficient (Wildman–Crippen LogP) is 4.28. The van der Waals surface area contributed by atoms with E-state index in [1.54, 1.807) is 31.4 Å². The fraction of sp³-hybridized carbons (Fsp3) is 0.227. The number of halogens is 1. The van der Waals surface area contributed by atoms with Crippen LogP contribution in [0.25, 0.3) is 0 Å². The van der Waals surface area contributed by atoms with Gasteiger partial charge in [-0.2, -0.15) is 5.10 Å². The number of aliphatic imine (C=N–C) groups is 1. The first kappa shape index (κ1) is 21.3. The van der Waals surface area contributed by atoms with E-state index < -0.39 is 5.97 Å². The number of fused-ring (bicyclic) bond motifs is 1. The van der Waals surface area contributed by atoms with Gasteiger partial charge in [0.15, 0.2) is 11.5 Å². The van der Waals surface area contributed by atoms with E-state index >= 15 is 0 Å². The monoisotopic (exact) mass is 457 g/mol. The molecule has 2 aromatic carbocycles. The number of rotatable bonds is 5. The van der Waals surface area contributed by atoms with E-state index in [0.717, 1.165) is 34.0 Å². The molecular formula is C22H20ClN3O4S. The number of methoxy groups -OCH3 is 3. The van der Waals surface area contributed by atoms with Gasteiger partial charge in [0.05, 0.1) is 32.7 Å². The molecule has 2 aliphatic rings. The largest absolute Gasteiger partial charge is 0.493 e. The lowest BCUT2D eigenvalue weighted by atomic mass is 9.96. The number of hydrazone groups is 1. The van der Waals surface area contributed by atoms with Crippen molar-refractivity contribution in [2.24, 2.45) is 10.1 Å². The Labute approximate surface area is 189 Å². The first-order valence-electron chi connectivity index (χ1n) is 9.46. The van der Waals surface area contributed by atoms with Crippen molar-refractivity contribution in [2.75, 3.05) is 32.9 Å². The summed E-state index contributed by atoms with van der Waals surface area (Å²) in [7, 11) is 4.56. The van der Waals surface area contributed by atoms with E-state index in [9.17, 15) is 4.79 Å². The Balaban J connectivity index is 1.76. The number of ether oxygens (including phenoxy) is 3. The molecule has 0 amide bonds. The maximum atomic E-state index is 12.1. The number of esters is 1. The predicted molar refractivity (Wildman–Crippen MR) is 124 cm³/mol. The van der Waals surface area contributed by atoms with Crippen molar-refractivity contribution in [3.05, 3.63) is 63.7 Å². The fourth-order valence-electron chi connectivity index (χ4n) is 3.32. The molecule has 0 aromatic heterocycles. The third-order valence-electron chi connectivity index (χ3n) is 4.84. The highest BCUT2D eigenvalue weighted by Gasteiger charge is 2.29. The van der Waals surface area contributed by atoms with Crippen molar-refractivity contribution < 1.29 is 19.0 Å². The third kappa shape index (κ3) is 4.26. The minimum Gasteiger partial charge on any atom is -0.493 e. The van der Waals surface area contributed by atoms with Gasteiger partial charge in [0.25, 0.3) is 0 Å². The number of carbonyl (C=O) groups excluding carboxylic acids is 1. The molecular weight excluding hydrogens is 438 g/mol. The van der Waals surface area contributed by atoms with Crippen molar-refractivity contribution in [3.63, 3.8) is 0 Å². The van der Waals surface area contributed by atoms with Crippen LogP contribution in [0.2, 0.25) is 5.02 Å². The molecule has 2 aromatic rings. The zero-order valence-electron chi connectivity index (χ0n) is 17.2. The first-order chi connectivity index (χ1) is 15.0. The molecule has 0 radical (unpaired) electrons. The molecule has 0 fully saturated rings. The maximum Gasteiger partial charge on any atom is 0.365 e. The number of carbonyl (C=O) groups is 1. The lowest BCUT2D eigenvalue weighted by Gasteiger charge is -2.20. The van der Waals surface area contributed by atoms with Crippen LogP contribution in [0, 0.1) is 0 Å².